The Kier molecular flexibility index (Phi) is 14.4. The topological polar surface area (TPSA) is 0 Å². The van der Waals surface area contributed by atoms with Crippen LogP contribution in [0.15, 0.2) is 182 Å². The highest BCUT2D eigenvalue weighted by atomic mass is 32.3. The van der Waals surface area contributed by atoms with E-state index in [0.717, 1.165) is 19.6 Å². The molecule has 0 fully saturated rings. The van der Waals surface area contributed by atoms with Gasteiger partial charge in [-0.05, 0) is 36.5 Å². The molecule has 0 spiro atoms. The van der Waals surface area contributed by atoms with Gasteiger partial charge in [0.1, 0.15) is 0 Å². The molecule has 0 aliphatic rings. The van der Waals surface area contributed by atoms with E-state index in [9.17, 15) is 0 Å². The van der Waals surface area contributed by atoms with Crippen molar-refractivity contribution in [3.05, 3.63) is 182 Å². The summed E-state index contributed by atoms with van der Waals surface area (Å²) < 4.78 is 0. The Morgan fingerprint density at radius 1 is 0.387 bits per heavy atom. The largest absolute Gasteiger partial charge is 0.133 e. The van der Waals surface area contributed by atoms with Gasteiger partial charge in [-0.1, -0.05) is 126 Å². The van der Waals surface area contributed by atoms with E-state index in [1.807, 2.05) is 72.9 Å². The molecule has 0 aromatic rings. The average molecular weight is 427 g/mol. The Morgan fingerprint density at radius 3 is 1.13 bits per heavy atom. The minimum absolute atomic E-state index is 0.990. The van der Waals surface area contributed by atoms with E-state index >= 15 is 0 Å². The number of hydrogen-bond acceptors (Lipinski definition) is 0. The smallest absolute Gasteiger partial charge is 0.00227 e. The molecule has 0 saturated heterocycles. The molecule has 0 rings (SSSR count). The standard InChI is InChI=1S/C30H34S/c1-9-17-20-26-28(16-8)31(27(15-7)21-12-4,29(22-13-5)24-18-10-2)30(23-14-6)25-19-11-3/h9-26H,1-8H2/b20-17-,24-18-,25-19-,27-21+,28-26+,29-22+,30-23+. The maximum Gasteiger partial charge on any atom is 0.00227 e. The Bertz CT molecular complexity index is 877. The van der Waals surface area contributed by atoms with Crippen molar-refractivity contribution in [2.24, 2.45) is 0 Å². The number of allylic oxidation sites excluding steroid dienone is 18. The van der Waals surface area contributed by atoms with Crippen molar-refractivity contribution in [2.75, 3.05) is 0 Å². The second-order valence-corrected chi connectivity index (χ2v) is 8.92. The van der Waals surface area contributed by atoms with Crippen LogP contribution in [0.2, 0.25) is 0 Å². The zero-order chi connectivity index (χ0) is 23.5. The summed E-state index contributed by atoms with van der Waals surface area (Å²) in [5, 5.41) is 0. The van der Waals surface area contributed by atoms with Gasteiger partial charge in [0, 0.05) is 19.6 Å². The zero-order valence-electron chi connectivity index (χ0n) is 18.5. The normalized spacial score (nSPS) is 14.5. The van der Waals surface area contributed by atoms with Crippen LogP contribution in [-0.2, 0) is 0 Å². The zero-order valence-corrected chi connectivity index (χ0v) is 19.3. The molecule has 0 heterocycles. The first-order valence-electron chi connectivity index (χ1n) is 9.73. The molecule has 0 aromatic heterocycles. The molecule has 0 nitrogen and oxygen atoms in total. The van der Waals surface area contributed by atoms with Gasteiger partial charge in [-0.25, -0.2) is 0 Å². The van der Waals surface area contributed by atoms with E-state index in [4.69, 9.17) is 0 Å². The van der Waals surface area contributed by atoms with Crippen LogP contribution >= 0.6 is 10.0 Å². The molecular weight excluding hydrogens is 392 g/mol. The summed E-state index contributed by atoms with van der Waals surface area (Å²) in [6, 6.07) is 0. The van der Waals surface area contributed by atoms with Crippen molar-refractivity contribution in [2.45, 2.75) is 0 Å². The summed E-state index contributed by atoms with van der Waals surface area (Å²) in [4.78, 5) is 4.04. The van der Waals surface area contributed by atoms with Gasteiger partial charge in [-0.3, -0.25) is 0 Å². The fraction of sp³-hybridized carbons (Fsp3) is 0. The molecule has 0 aliphatic carbocycles. The first-order valence-corrected chi connectivity index (χ1v) is 11.4. The summed E-state index contributed by atoms with van der Waals surface area (Å²) in [6.45, 7) is 31.5. The summed E-state index contributed by atoms with van der Waals surface area (Å²) in [6.07, 6.45) is 34.1. The van der Waals surface area contributed by atoms with Crippen LogP contribution in [-0.4, -0.2) is 0 Å². The lowest BCUT2D eigenvalue weighted by Crippen LogP contribution is -2.09. The van der Waals surface area contributed by atoms with Crippen LogP contribution in [0.25, 0.3) is 0 Å². The molecule has 0 N–H and O–H groups in total. The Morgan fingerprint density at radius 2 is 0.774 bits per heavy atom. The van der Waals surface area contributed by atoms with Gasteiger partial charge in [0.15, 0.2) is 0 Å². The lowest BCUT2D eigenvalue weighted by molar-refractivity contribution is 1.70. The Balaban J connectivity index is 8.07. The van der Waals surface area contributed by atoms with Crippen LogP contribution in [0, 0.1) is 0 Å². The summed E-state index contributed by atoms with van der Waals surface area (Å²) in [5.74, 6) is 0. The minimum atomic E-state index is -2.03. The molecule has 0 saturated carbocycles. The lowest BCUT2D eigenvalue weighted by atomic mass is 10.4. The van der Waals surface area contributed by atoms with Gasteiger partial charge in [0.25, 0.3) is 0 Å². The van der Waals surface area contributed by atoms with Crippen LogP contribution in [0.4, 0.5) is 0 Å². The van der Waals surface area contributed by atoms with Crippen LogP contribution in [0.3, 0.4) is 0 Å². The van der Waals surface area contributed by atoms with Crippen LogP contribution < -0.4 is 0 Å². The molecular formula is C30H34S. The first kappa shape index (κ1) is 27.4. The van der Waals surface area contributed by atoms with E-state index in [0.29, 0.717) is 0 Å². The van der Waals surface area contributed by atoms with Crippen LogP contribution in [0.1, 0.15) is 0 Å². The van der Waals surface area contributed by atoms with E-state index < -0.39 is 10.0 Å². The molecule has 0 aromatic carbocycles. The summed E-state index contributed by atoms with van der Waals surface area (Å²) >= 11 is 0. The maximum absolute atomic E-state index is 4.14. The van der Waals surface area contributed by atoms with Gasteiger partial charge in [0.05, 0.1) is 0 Å². The molecule has 0 aliphatic heterocycles. The van der Waals surface area contributed by atoms with Crippen molar-refractivity contribution in [3.63, 3.8) is 0 Å². The highest BCUT2D eigenvalue weighted by Crippen LogP contribution is 2.74. The molecule has 0 radical (unpaired) electrons. The third kappa shape index (κ3) is 7.33. The van der Waals surface area contributed by atoms with Crippen molar-refractivity contribution in [1.82, 2.24) is 0 Å². The average Bonchev–Trinajstić information content (AvgIpc) is 2.78. The van der Waals surface area contributed by atoms with E-state index in [-0.39, 0.29) is 0 Å². The monoisotopic (exact) mass is 426 g/mol. The quantitative estimate of drug-likeness (QED) is 0.229. The molecule has 0 bridgehead atoms. The van der Waals surface area contributed by atoms with E-state index in [2.05, 4.69) is 52.6 Å². The van der Waals surface area contributed by atoms with Crippen molar-refractivity contribution >= 4 is 10.0 Å². The minimum Gasteiger partial charge on any atom is -0.133 e. The predicted molar refractivity (Wildman–Crippen MR) is 149 cm³/mol. The highest BCUT2D eigenvalue weighted by molar-refractivity contribution is 8.46. The fourth-order valence-corrected chi connectivity index (χ4v) is 6.71. The number of rotatable bonds is 15. The molecule has 0 amide bonds. The third-order valence-electron chi connectivity index (χ3n) is 3.96. The molecule has 1 heteroatoms. The third-order valence-corrected chi connectivity index (χ3v) is 7.94. The molecule has 31 heavy (non-hydrogen) atoms. The van der Waals surface area contributed by atoms with Gasteiger partial charge in [-0.15, -0.1) is 10.0 Å². The van der Waals surface area contributed by atoms with E-state index in [1.165, 1.54) is 0 Å². The maximum atomic E-state index is 4.14. The predicted octanol–water partition coefficient (Wildman–Crippen LogP) is 9.48. The second kappa shape index (κ2) is 16.3. The molecule has 160 valence electrons. The summed E-state index contributed by atoms with van der Waals surface area (Å²) in [7, 11) is -2.03. The van der Waals surface area contributed by atoms with Gasteiger partial charge >= 0.3 is 0 Å². The first-order chi connectivity index (χ1) is 15.1. The SMILES string of the molecule is C=C/C=C\C=C(/C=C)S(/C(C=C)=C/C=C)(C(/C=C\C=C)=C/C=C)C(/C=C\C=C)=C/C=C. The van der Waals surface area contributed by atoms with Gasteiger partial charge in [-0.2, -0.15) is 0 Å². The van der Waals surface area contributed by atoms with Crippen molar-refractivity contribution < 1.29 is 0 Å². The molecule has 0 unspecified atom stereocenters. The number of hydrogen-bond donors (Lipinski definition) is 0. The fourth-order valence-electron chi connectivity index (χ4n) is 2.83. The van der Waals surface area contributed by atoms with Crippen molar-refractivity contribution in [3.8, 4) is 0 Å². The lowest BCUT2D eigenvalue weighted by Gasteiger charge is -2.45. The van der Waals surface area contributed by atoms with Gasteiger partial charge in [0.2, 0.25) is 0 Å². The van der Waals surface area contributed by atoms with Gasteiger partial charge < -0.3 is 0 Å². The van der Waals surface area contributed by atoms with Crippen LogP contribution in [0.5, 0.6) is 0 Å². The van der Waals surface area contributed by atoms with E-state index in [1.54, 1.807) is 36.5 Å². The van der Waals surface area contributed by atoms with Crippen molar-refractivity contribution in [1.29, 1.82) is 0 Å². The second-order valence-electron chi connectivity index (χ2n) is 5.81. The highest BCUT2D eigenvalue weighted by Gasteiger charge is 2.35. The molecule has 0 atom stereocenters. The Labute approximate surface area is 191 Å². The Hall–Kier alpha value is -3.55. The summed E-state index contributed by atoms with van der Waals surface area (Å²) in [5.41, 5.74) is 0.